The molecule has 1 aliphatic heterocycles. The molecule has 0 radical (unpaired) electrons. The second-order valence-electron chi connectivity index (χ2n) is 6.81. The van der Waals surface area contributed by atoms with E-state index >= 15 is 0 Å². The smallest absolute Gasteiger partial charge is 0.227 e. The molecule has 1 unspecified atom stereocenters. The number of nitrogens with zero attached hydrogens (tertiary/aromatic N) is 3. The van der Waals surface area contributed by atoms with Gasteiger partial charge in [0.2, 0.25) is 11.8 Å². The minimum absolute atomic E-state index is 0.124. The minimum atomic E-state index is -0.449. The van der Waals surface area contributed by atoms with E-state index in [9.17, 15) is 14.0 Å². The molecule has 26 heavy (non-hydrogen) atoms. The second-order valence-corrected chi connectivity index (χ2v) is 6.81. The van der Waals surface area contributed by atoms with Crippen LogP contribution in [-0.2, 0) is 16.1 Å². The van der Waals surface area contributed by atoms with Crippen LogP contribution in [0.1, 0.15) is 36.6 Å². The van der Waals surface area contributed by atoms with Crippen molar-refractivity contribution < 1.29 is 14.0 Å². The molecule has 7 heteroatoms. The topological polar surface area (TPSA) is 75.2 Å². The van der Waals surface area contributed by atoms with Crippen LogP contribution >= 0.6 is 0 Å². The molecule has 2 heterocycles. The third kappa shape index (κ3) is 3.56. The number of amides is 2. The van der Waals surface area contributed by atoms with E-state index in [4.69, 9.17) is 0 Å². The quantitative estimate of drug-likeness (QED) is 0.893. The van der Waals surface area contributed by atoms with E-state index in [1.54, 1.807) is 12.1 Å². The van der Waals surface area contributed by atoms with Crippen molar-refractivity contribution in [2.24, 2.45) is 5.92 Å². The first-order valence-corrected chi connectivity index (χ1v) is 8.74. The van der Waals surface area contributed by atoms with Crippen LogP contribution in [0.25, 0.3) is 0 Å². The maximum absolute atomic E-state index is 13.4. The lowest BCUT2D eigenvalue weighted by atomic mass is 10.1. The van der Waals surface area contributed by atoms with E-state index in [2.05, 4.69) is 15.3 Å². The number of carbonyl (C=O) groups is 2. The number of aromatic nitrogens is 2. The molecule has 1 aromatic carbocycles. The predicted molar refractivity (Wildman–Crippen MR) is 92.7 cm³/mol. The Balaban J connectivity index is 1.36. The summed E-state index contributed by atoms with van der Waals surface area (Å²) in [6, 6.07) is 7.78. The third-order valence-electron chi connectivity index (χ3n) is 4.80. The largest absolute Gasteiger partial charge is 0.350 e. The number of anilines is 1. The van der Waals surface area contributed by atoms with Crippen LogP contribution in [-0.4, -0.2) is 28.3 Å². The van der Waals surface area contributed by atoms with Gasteiger partial charge in [0.1, 0.15) is 12.1 Å². The first kappa shape index (κ1) is 16.6. The SMILES string of the molecule is O=C(NCc1cc(C2CC2)ncn1)C1CC(=O)N(c2cccc(F)c2)C1. The van der Waals surface area contributed by atoms with Gasteiger partial charge in [-0.3, -0.25) is 9.59 Å². The van der Waals surface area contributed by atoms with Crippen LogP contribution in [0.15, 0.2) is 36.7 Å². The van der Waals surface area contributed by atoms with Gasteiger partial charge < -0.3 is 10.2 Å². The molecule has 0 spiro atoms. The zero-order chi connectivity index (χ0) is 18.1. The normalized spacial score (nSPS) is 19.7. The van der Waals surface area contributed by atoms with E-state index in [-0.39, 0.29) is 24.8 Å². The molecule has 134 valence electrons. The number of carbonyl (C=O) groups excluding carboxylic acids is 2. The van der Waals surface area contributed by atoms with Crippen molar-refractivity contribution in [1.82, 2.24) is 15.3 Å². The van der Waals surface area contributed by atoms with Crippen molar-refractivity contribution in [2.45, 2.75) is 31.7 Å². The number of rotatable bonds is 5. The summed E-state index contributed by atoms with van der Waals surface area (Å²) in [5.41, 5.74) is 2.27. The molecule has 2 amide bonds. The van der Waals surface area contributed by atoms with Crippen LogP contribution in [0, 0.1) is 11.7 Å². The van der Waals surface area contributed by atoms with Gasteiger partial charge in [0, 0.05) is 30.3 Å². The Morgan fingerprint density at radius 3 is 2.88 bits per heavy atom. The molecule has 1 saturated carbocycles. The molecule has 1 aromatic heterocycles. The number of benzene rings is 1. The highest BCUT2D eigenvalue weighted by Crippen LogP contribution is 2.38. The number of halogens is 1. The molecule has 1 N–H and O–H groups in total. The summed E-state index contributed by atoms with van der Waals surface area (Å²) in [5, 5.41) is 2.85. The maximum Gasteiger partial charge on any atom is 0.227 e. The van der Waals surface area contributed by atoms with Crippen molar-refractivity contribution in [2.75, 3.05) is 11.4 Å². The van der Waals surface area contributed by atoms with Gasteiger partial charge in [-0.2, -0.15) is 0 Å². The van der Waals surface area contributed by atoms with E-state index in [0.29, 0.717) is 18.2 Å². The summed E-state index contributed by atoms with van der Waals surface area (Å²) in [4.78, 5) is 34.5. The van der Waals surface area contributed by atoms with Gasteiger partial charge in [-0.05, 0) is 37.1 Å². The Morgan fingerprint density at radius 1 is 1.27 bits per heavy atom. The minimum Gasteiger partial charge on any atom is -0.350 e. The Bertz CT molecular complexity index is 853. The molecular formula is C19H19FN4O2. The highest BCUT2D eigenvalue weighted by atomic mass is 19.1. The van der Waals surface area contributed by atoms with Crippen LogP contribution in [0.3, 0.4) is 0 Å². The van der Waals surface area contributed by atoms with Gasteiger partial charge in [0.25, 0.3) is 0 Å². The average molecular weight is 354 g/mol. The lowest BCUT2D eigenvalue weighted by Crippen LogP contribution is -2.32. The first-order chi connectivity index (χ1) is 12.6. The van der Waals surface area contributed by atoms with E-state index in [1.165, 1.54) is 23.4 Å². The zero-order valence-electron chi connectivity index (χ0n) is 14.2. The molecule has 2 aromatic rings. The van der Waals surface area contributed by atoms with Crippen molar-refractivity contribution >= 4 is 17.5 Å². The maximum atomic E-state index is 13.4. The van der Waals surface area contributed by atoms with Crippen LogP contribution in [0.5, 0.6) is 0 Å². The van der Waals surface area contributed by atoms with Crippen molar-refractivity contribution in [1.29, 1.82) is 0 Å². The highest BCUT2D eigenvalue weighted by molar-refractivity contribution is 6.00. The predicted octanol–water partition coefficient (Wildman–Crippen LogP) is 2.16. The van der Waals surface area contributed by atoms with E-state index in [1.807, 2.05) is 6.07 Å². The van der Waals surface area contributed by atoms with Gasteiger partial charge >= 0.3 is 0 Å². The van der Waals surface area contributed by atoms with Gasteiger partial charge in [0.05, 0.1) is 18.2 Å². The molecule has 2 fully saturated rings. The second kappa shape index (κ2) is 6.82. The van der Waals surface area contributed by atoms with Gasteiger partial charge in [0.15, 0.2) is 0 Å². The van der Waals surface area contributed by atoms with Crippen molar-refractivity contribution in [3.05, 3.63) is 53.9 Å². The fourth-order valence-corrected chi connectivity index (χ4v) is 3.21. The lowest BCUT2D eigenvalue weighted by molar-refractivity contribution is -0.126. The summed E-state index contributed by atoms with van der Waals surface area (Å²) in [6.07, 6.45) is 3.96. The fraction of sp³-hybridized carbons (Fsp3) is 0.368. The van der Waals surface area contributed by atoms with Crippen LogP contribution in [0.2, 0.25) is 0 Å². The fourth-order valence-electron chi connectivity index (χ4n) is 3.21. The molecule has 1 atom stereocenters. The van der Waals surface area contributed by atoms with Crippen molar-refractivity contribution in [3.8, 4) is 0 Å². The van der Waals surface area contributed by atoms with Crippen LogP contribution < -0.4 is 10.2 Å². The summed E-state index contributed by atoms with van der Waals surface area (Å²) in [6.45, 7) is 0.566. The molecule has 6 nitrogen and oxygen atoms in total. The molecule has 1 aliphatic carbocycles. The Morgan fingerprint density at radius 2 is 2.12 bits per heavy atom. The molecule has 0 bridgehead atoms. The highest BCUT2D eigenvalue weighted by Gasteiger charge is 2.35. The summed E-state index contributed by atoms with van der Waals surface area (Å²) in [5.74, 6) is -0.689. The number of nitrogens with one attached hydrogen (secondary N) is 1. The number of hydrogen-bond acceptors (Lipinski definition) is 4. The lowest BCUT2D eigenvalue weighted by Gasteiger charge is -2.16. The number of hydrogen-bond donors (Lipinski definition) is 1. The Hall–Kier alpha value is -2.83. The van der Waals surface area contributed by atoms with Gasteiger partial charge in [-0.25, -0.2) is 14.4 Å². The molecule has 2 aliphatic rings. The van der Waals surface area contributed by atoms with Crippen LogP contribution in [0.4, 0.5) is 10.1 Å². The Labute approximate surface area is 150 Å². The standard InChI is InChI=1S/C19H19FN4O2/c20-14-2-1-3-16(7-14)24-10-13(6-18(24)25)19(26)21-9-15-8-17(12-4-5-12)23-11-22-15/h1-3,7-8,11-13H,4-6,9-10H2,(H,21,26). The Kier molecular flexibility index (Phi) is 4.36. The monoisotopic (exact) mass is 354 g/mol. The third-order valence-corrected chi connectivity index (χ3v) is 4.80. The molecule has 4 rings (SSSR count). The van der Waals surface area contributed by atoms with E-state index in [0.717, 1.165) is 24.2 Å². The average Bonchev–Trinajstić information content (AvgIpc) is 3.42. The van der Waals surface area contributed by atoms with Crippen molar-refractivity contribution in [3.63, 3.8) is 0 Å². The van der Waals surface area contributed by atoms with Gasteiger partial charge in [-0.1, -0.05) is 6.07 Å². The summed E-state index contributed by atoms with van der Waals surface area (Å²) < 4.78 is 13.4. The molecule has 1 saturated heterocycles. The zero-order valence-corrected chi connectivity index (χ0v) is 14.2. The molecular weight excluding hydrogens is 335 g/mol. The summed E-state index contributed by atoms with van der Waals surface area (Å²) in [7, 11) is 0. The van der Waals surface area contributed by atoms with E-state index < -0.39 is 11.7 Å². The first-order valence-electron chi connectivity index (χ1n) is 8.74. The summed E-state index contributed by atoms with van der Waals surface area (Å²) >= 11 is 0. The van der Waals surface area contributed by atoms with Gasteiger partial charge in [-0.15, -0.1) is 0 Å².